The summed E-state index contributed by atoms with van der Waals surface area (Å²) in [6.07, 6.45) is -0.0429. The smallest absolute Gasteiger partial charge is 0.148 e. The molecule has 80 valence electrons. The minimum absolute atomic E-state index is 0.0418. The van der Waals surface area contributed by atoms with Gasteiger partial charge in [0.15, 0.2) is 0 Å². The first kappa shape index (κ1) is 10.2. The molecule has 1 aromatic carbocycles. The zero-order chi connectivity index (χ0) is 10.6. The van der Waals surface area contributed by atoms with E-state index in [2.05, 4.69) is 0 Å². The summed E-state index contributed by atoms with van der Waals surface area (Å²) in [6.45, 7) is 0.350. The largest absolute Gasteiger partial charge is 0.370 e. The fraction of sp³-hybridized carbons (Fsp3) is 0.455. The van der Waals surface area contributed by atoms with Gasteiger partial charge in [0.25, 0.3) is 0 Å². The normalized spacial score (nSPS) is 36.3. The SMILES string of the molecule is Cl[C@H]1c2ccccc2[C@@H]2OCC(Cl)(Cl)[C@H]12. The Hall–Kier alpha value is 0.0500. The number of hydrogen-bond acceptors (Lipinski definition) is 1. The van der Waals surface area contributed by atoms with Crippen molar-refractivity contribution in [2.24, 2.45) is 5.92 Å². The highest BCUT2D eigenvalue weighted by Crippen LogP contribution is 2.60. The van der Waals surface area contributed by atoms with Gasteiger partial charge in [-0.15, -0.1) is 11.6 Å². The minimum atomic E-state index is -0.865. The van der Waals surface area contributed by atoms with Crippen molar-refractivity contribution in [1.82, 2.24) is 0 Å². The Kier molecular flexibility index (Phi) is 2.23. The molecule has 4 heteroatoms. The fourth-order valence-electron chi connectivity index (χ4n) is 2.49. The van der Waals surface area contributed by atoms with Crippen LogP contribution in [0.3, 0.4) is 0 Å². The van der Waals surface area contributed by atoms with E-state index in [0.29, 0.717) is 6.61 Å². The highest BCUT2D eigenvalue weighted by Gasteiger charge is 2.56. The third-order valence-corrected chi connectivity index (χ3v) is 4.41. The molecule has 0 radical (unpaired) electrons. The van der Waals surface area contributed by atoms with Crippen LogP contribution >= 0.6 is 34.8 Å². The summed E-state index contributed by atoms with van der Waals surface area (Å²) in [5, 5.41) is -0.149. The average Bonchev–Trinajstić information content (AvgIpc) is 2.67. The molecule has 1 aliphatic heterocycles. The number of halogens is 3. The Bertz CT molecular complexity index is 405. The third-order valence-electron chi connectivity index (χ3n) is 3.18. The molecule has 1 heterocycles. The molecule has 0 amide bonds. The van der Waals surface area contributed by atoms with Crippen LogP contribution in [0.5, 0.6) is 0 Å². The van der Waals surface area contributed by atoms with Gasteiger partial charge in [0.1, 0.15) is 4.33 Å². The van der Waals surface area contributed by atoms with Crippen molar-refractivity contribution in [1.29, 1.82) is 0 Å². The second-order valence-electron chi connectivity index (χ2n) is 4.05. The van der Waals surface area contributed by atoms with E-state index < -0.39 is 4.33 Å². The van der Waals surface area contributed by atoms with Crippen LogP contribution in [0.15, 0.2) is 24.3 Å². The van der Waals surface area contributed by atoms with Crippen LogP contribution < -0.4 is 0 Å². The highest BCUT2D eigenvalue weighted by atomic mass is 35.5. The van der Waals surface area contributed by atoms with Crippen LogP contribution in [0.1, 0.15) is 22.6 Å². The molecule has 0 spiro atoms. The molecule has 2 aliphatic rings. The van der Waals surface area contributed by atoms with Gasteiger partial charge >= 0.3 is 0 Å². The summed E-state index contributed by atoms with van der Waals surface area (Å²) < 4.78 is 4.78. The average molecular weight is 264 g/mol. The molecule has 0 bridgehead atoms. The summed E-state index contributed by atoms with van der Waals surface area (Å²) in [5.41, 5.74) is 2.23. The van der Waals surface area contributed by atoms with Gasteiger partial charge < -0.3 is 4.74 Å². The van der Waals surface area contributed by atoms with E-state index in [1.165, 1.54) is 0 Å². The molecule has 1 aromatic rings. The van der Waals surface area contributed by atoms with E-state index in [0.717, 1.165) is 11.1 Å². The molecular formula is C11H9Cl3O. The lowest BCUT2D eigenvalue weighted by Crippen LogP contribution is -2.25. The molecule has 3 atom stereocenters. The van der Waals surface area contributed by atoms with Gasteiger partial charge in [-0.3, -0.25) is 0 Å². The van der Waals surface area contributed by atoms with Crippen LogP contribution in [0.2, 0.25) is 0 Å². The van der Waals surface area contributed by atoms with E-state index in [1.807, 2.05) is 24.3 Å². The van der Waals surface area contributed by atoms with Crippen molar-refractivity contribution in [2.45, 2.75) is 15.8 Å². The number of alkyl halides is 3. The Morgan fingerprint density at radius 1 is 1.20 bits per heavy atom. The Morgan fingerprint density at radius 3 is 2.60 bits per heavy atom. The molecule has 3 rings (SSSR count). The van der Waals surface area contributed by atoms with Crippen molar-refractivity contribution in [3.05, 3.63) is 35.4 Å². The molecule has 1 fully saturated rings. The van der Waals surface area contributed by atoms with Crippen molar-refractivity contribution in [3.63, 3.8) is 0 Å². The molecule has 0 saturated carbocycles. The summed E-state index contributed by atoms with van der Waals surface area (Å²) in [5.74, 6) is -0.0418. The molecule has 0 unspecified atom stereocenters. The molecule has 1 saturated heterocycles. The van der Waals surface area contributed by atoms with E-state index in [4.69, 9.17) is 39.5 Å². The first-order valence-corrected chi connectivity index (χ1v) is 6.03. The van der Waals surface area contributed by atoms with Crippen molar-refractivity contribution in [2.75, 3.05) is 6.61 Å². The molecule has 1 nitrogen and oxygen atoms in total. The van der Waals surface area contributed by atoms with Gasteiger partial charge in [-0.1, -0.05) is 47.5 Å². The number of fused-ring (bicyclic) bond motifs is 3. The second kappa shape index (κ2) is 3.27. The maximum atomic E-state index is 6.38. The molecule has 15 heavy (non-hydrogen) atoms. The van der Waals surface area contributed by atoms with E-state index in [-0.39, 0.29) is 17.4 Å². The van der Waals surface area contributed by atoms with Gasteiger partial charge in [0.2, 0.25) is 0 Å². The number of rotatable bonds is 0. The van der Waals surface area contributed by atoms with Crippen LogP contribution in [0.4, 0.5) is 0 Å². The van der Waals surface area contributed by atoms with Crippen LogP contribution in [-0.4, -0.2) is 10.9 Å². The monoisotopic (exact) mass is 262 g/mol. The molecule has 0 N–H and O–H groups in total. The van der Waals surface area contributed by atoms with E-state index in [9.17, 15) is 0 Å². The highest BCUT2D eigenvalue weighted by molar-refractivity contribution is 6.49. The lowest BCUT2D eigenvalue weighted by Gasteiger charge is -2.21. The topological polar surface area (TPSA) is 9.23 Å². The van der Waals surface area contributed by atoms with Gasteiger partial charge in [0, 0.05) is 5.92 Å². The maximum Gasteiger partial charge on any atom is 0.148 e. The van der Waals surface area contributed by atoms with Gasteiger partial charge in [-0.05, 0) is 11.1 Å². The lowest BCUT2D eigenvalue weighted by atomic mass is 10.0. The van der Waals surface area contributed by atoms with Gasteiger partial charge in [-0.2, -0.15) is 0 Å². The Morgan fingerprint density at radius 2 is 1.87 bits per heavy atom. The van der Waals surface area contributed by atoms with Crippen LogP contribution in [-0.2, 0) is 4.74 Å². The summed E-state index contributed by atoms with van der Waals surface area (Å²) >= 11 is 18.8. The zero-order valence-electron chi connectivity index (χ0n) is 7.79. The summed E-state index contributed by atoms with van der Waals surface area (Å²) in [7, 11) is 0. The fourth-order valence-corrected chi connectivity index (χ4v) is 3.77. The lowest BCUT2D eigenvalue weighted by molar-refractivity contribution is 0.0983. The van der Waals surface area contributed by atoms with E-state index >= 15 is 0 Å². The van der Waals surface area contributed by atoms with Gasteiger partial charge in [-0.25, -0.2) is 0 Å². The summed E-state index contributed by atoms with van der Waals surface area (Å²) in [6, 6.07) is 8.00. The predicted octanol–water partition coefficient (Wildman–Crippen LogP) is 3.84. The summed E-state index contributed by atoms with van der Waals surface area (Å²) in [4.78, 5) is 0. The van der Waals surface area contributed by atoms with Crippen molar-refractivity contribution in [3.8, 4) is 0 Å². The standard InChI is InChI=1S/C11H9Cl3O/c12-9-6-3-1-2-4-7(6)10-8(9)11(13,14)5-15-10/h1-4,8-10H,5H2/t8-,9+,10+/m1/s1. The van der Waals surface area contributed by atoms with Crippen LogP contribution in [0, 0.1) is 5.92 Å². The third kappa shape index (κ3) is 1.34. The second-order valence-corrected chi connectivity index (χ2v) is 6.06. The Balaban J connectivity index is 2.12. The predicted molar refractivity (Wildman–Crippen MR) is 61.7 cm³/mol. The van der Waals surface area contributed by atoms with Crippen LogP contribution in [0.25, 0.3) is 0 Å². The first-order valence-electron chi connectivity index (χ1n) is 4.83. The number of benzene rings is 1. The van der Waals surface area contributed by atoms with Crippen molar-refractivity contribution < 1.29 is 4.74 Å². The number of ether oxygens (including phenoxy) is 1. The first-order chi connectivity index (χ1) is 7.11. The Labute approximate surface area is 103 Å². The molecular weight excluding hydrogens is 254 g/mol. The van der Waals surface area contributed by atoms with E-state index in [1.54, 1.807) is 0 Å². The van der Waals surface area contributed by atoms with Crippen molar-refractivity contribution >= 4 is 34.8 Å². The minimum Gasteiger partial charge on any atom is -0.370 e. The number of hydrogen-bond donors (Lipinski definition) is 0. The molecule has 0 aromatic heterocycles. The maximum absolute atomic E-state index is 6.38. The quantitative estimate of drug-likeness (QED) is 0.646. The van der Waals surface area contributed by atoms with Gasteiger partial charge in [0.05, 0.1) is 18.1 Å². The zero-order valence-corrected chi connectivity index (χ0v) is 10.1. The molecule has 1 aliphatic carbocycles.